The van der Waals surface area contributed by atoms with Crippen LogP contribution in [0.25, 0.3) is 0 Å². The Balaban J connectivity index is 1.39. The van der Waals surface area contributed by atoms with Crippen LogP contribution in [-0.2, 0) is 42.9 Å². The quantitative estimate of drug-likeness (QED) is 0.0754. The van der Waals surface area contributed by atoms with Crippen LogP contribution < -0.4 is 32.9 Å². The van der Waals surface area contributed by atoms with Gasteiger partial charge in [0.15, 0.2) is 24.2 Å². The molecule has 4 amide bonds. The number of aliphatic carboxylic acids is 1. The number of anilines is 1. The number of carboxylic acid groups (broad SMARTS) is 1. The van der Waals surface area contributed by atoms with Crippen LogP contribution in [0, 0.1) is 0 Å². The first-order valence-electron chi connectivity index (χ1n) is 15.6. The van der Waals surface area contributed by atoms with Crippen LogP contribution in [0.4, 0.5) is 5.69 Å². The highest BCUT2D eigenvalue weighted by Crippen LogP contribution is 2.34. The molecule has 2 aliphatic heterocycles. The molecule has 10 unspecified atom stereocenters. The van der Waals surface area contributed by atoms with E-state index in [9.17, 15) is 59.1 Å². The number of H-pyrrole nitrogens is 1. The number of methoxy groups -OCH3 is 1. The first-order chi connectivity index (χ1) is 25.5. The minimum atomic E-state index is -2.03. The van der Waals surface area contributed by atoms with Crippen molar-refractivity contribution in [2.45, 2.75) is 61.3 Å². The molecule has 10 atom stereocenters. The highest BCUT2D eigenvalue weighted by molar-refractivity contribution is 6.02. The van der Waals surface area contributed by atoms with E-state index in [0.29, 0.717) is 0 Å². The summed E-state index contributed by atoms with van der Waals surface area (Å²) in [5.41, 5.74) is 3.93. The molecule has 3 heterocycles. The number of carbonyl (C=O) groups is 5. The number of amides is 4. The molecule has 0 aliphatic carbocycles. The lowest BCUT2D eigenvalue weighted by Gasteiger charge is -2.35. The molecule has 1 fully saturated rings. The Hall–Kier alpha value is -5.79. The van der Waals surface area contributed by atoms with E-state index in [4.69, 9.17) is 29.8 Å². The van der Waals surface area contributed by atoms with Crippen LogP contribution in [0.1, 0.15) is 17.9 Å². The molecule has 23 nitrogen and oxygen atoms in total. The summed E-state index contributed by atoms with van der Waals surface area (Å²) in [6, 6.07) is 5.97. The smallest absolute Gasteiger partial charge is 0.330 e. The maximum absolute atomic E-state index is 13.1. The number of benzene rings is 1. The summed E-state index contributed by atoms with van der Waals surface area (Å²) in [5.74, 6) is -6.08. The predicted octanol–water partition coefficient (Wildman–Crippen LogP) is -5.49. The van der Waals surface area contributed by atoms with Gasteiger partial charge in [0, 0.05) is 37.3 Å². The van der Waals surface area contributed by atoms with E-state index >= 15 is 0 Å². The number of rotatable bonds is 15. The second kappa shape index (κ2) is 17.8. The van der Waals surface area contributed by atoms with Gasteiger partial charge in [0.2, 0.25) is 18.1 Å². The third-order valence-corrected chi connectivity index (χ3v) is 7.88. The number of aromatic amines is 1. The number of nitrogens with two attached hydrogens (primary N) is 1. The van der Waals surface area contributed by atoms with Gasteiger partial charge in [0.25, 0.3) is 17.4 Å². The number of hydrogen-bond donors (Lipinski definition) is 11. The number of aliphatic hydroxyl groups is 5. The third-order valence-electron chi connectivity index (χ3n) is 7.88. The average Bonchev–Trinajstić information content (AvgIpc) is 3.45. The van der Waals surface area contributed by atoms with Crippen molar-refractivity contribution in [2.75, 3.05) is 19.0 Å². The fraction of sp³-hybridized carbons (Fsp3) is 0.387. The topological polar surface area (TPSA) is 361 Å². The lowest BCUT2D eigenvalue weighted by atomic mass is 10.0. The van der Waals surface area contributed by atoms with E-state index in [2.05, 4.69) is 10.6 Å². The molecule has 1 aromatic heterocycles. The predicted molar refractivity (Wildman–Crippen MR) is 175 cm³/mol. The van der Waals surface area contributed by atoms with Crippen molar-refractivity contribution in [2.24, 2.45) is 5.73 Å². The molecule has 0 saturated carbocycles. The number of carbonyl (C=O) groups excluding carboxylic acids is 4. The number of nitrogens with zero attached hydrogens (tertiary/aromatic N) is 1. The number of ether oxygens (including phenoxy) is 4. The minimum absolute atomic E-state index is 0.0118. The van der Waals surface area contributed by atoms with Gasteiger partial charge in [-0.2, -0.15) is 0 Å². The summed E-state index contributed by atoms with van der Waals surface area (Å²) >= 11 is 0. The molecular formula is C31H36N6O17. The number of nitrogens with one attached hydrogen (secondary N) is 4. The van der Waals surface area contributed by atoms with E-state index in [1.807, 2.05) is 10.3 Å². The maximum Gasteiger partial charge on any atom is 0.330 e. The molecule has 12 N–H and O–H groups in total. The van der Waals surface area contributed by atoms with Crippen molar-refractivity contribution in [3.8, 4) is 0 Å². The molecule has 292 valence electrons. The summed E-state index contributed by atoms with van der Waals surface area (Å²) in [6.07, 6.45) is -13.9. The Kier molecular flexibility index (Phi) is 13.5. The van der Waals surface area contributed by atoms with Crippen LogP contribution in [0.2, 0.25) is 0 Å². The fourth-order valence-electron chi connectivity index (χ4n) is 5.18. The largest absolute Gasteiger partial charge is 0.480 e. The average molecular weight is 765 g/mol. The van der Waals surface area contributed by atoms with Crippen LogP contribution in [0.5, 0.6) is 0 Å². The van der Waals surface area contributed by atoms with Gasteiger partial charge < -0.3 is 71.3 Å². The lowest BCUT2D eigenvalue weighted by molar-refractivity contribution is -0.241. The summed E-state index contributed by atoms with van der Waals surface area (Å²) in [5, 5.41) is 67.6. The van der Waals surface area contributed by atoms with Gasteiger partial charge in [-0.05, 0) is 23.8 Å². The van der Waals surface area contributed by atoms with Crippen molar-refractivity contribution in [1.29, 1.82) is 0 Å². The molecule has 1 aromatic carbocycles. The molecule has 4 rings (SSSR count). The van der Waals surface area contributed by atoms with Gasteiger partial charge in [-0.3, -0.25) is 38.3 Å². The molecular weight excluding hydrogens is 728 g/mol. The van der Waals surface area contributed by atoms with Crippen molar-refractivity contribution < 1.29 is 73.6 Å². The van der Waals surface area contributed by atoms with Crippen molar-refractivity contribution >= 4 is 35.3 Å². The van der Waals surface area contributed by atoms with Gasteiger partial charge in [-0.15, -0.1) is 0 Å². The SMILES string of the molecule is COC1C(O)C(n2ccc(=O)[nH]c2=O)OC1C(OC1OC(C(=O)Nc2ccc(C(O)C(O)C(=O)N/C=C/C(=O)NCC(=O)O)cc2)=CC(O)C1O)C(N)=O. The number of hydrogen-bond acceptors (Lipinski definition) is 16. The Morgan fingerprint density at radius 3 is 2.35 bits per heavy atom. The van der Waals surface area contributed by atoms with Crippen LogP contribution in [-0.4, -0.2) is 132 Å². The van der Waals surface area contributed by atoms with Crippen LogP contribution in [0.15, 0.2) is 70.2 Å². The van der Waals surface area contributed by atoms with Gasteiger partial charge in [-0.1, -0.05) is 12.1 Å². The zero-order valence-electron chi connectivity index (χ0n) is 27.9. The normalized spacial score (nSPS) is 25.4. The monoisotopic (exact) mass is 764 g/mol. The summed E-state index contributed by atoms with van der Waals surface area (Å²) in [7, 11) is 1.14. The standard InChI is InChI=1S/C31H36N6O17/c1-51-23-22(46)29(37-9-7-17(40)36-31(37)50)53-24(23)25(26(32)47)54-30-20(44)14(38)10-15(52-30)27(48)35-13-4-2-12(3-5-13)19(43)21(45)28(49)33-8-6-16(39)34-11-18(41)42/h2-10,14,19-25,29-30,38,43-46H,11H2,1H3,(H2,32,47)(H,33,49)(H,34,39)(H,35,48)(H,41,42)(H,36,40,50)/b8-6+. The van der Waals surface area contributed by atoms with Gasteiger partial charge in [0.1, 0.15) is 43.2 Å². The zero-order valence-corrected chi connectivity index (χ0v) is 27.9. The Labute approximate surface area is 302 Å². The molecule has 23 heteroatoms. The van der Waals surface area contributed by atoms with Gasteiger partial charge >= 0.3 is 11.7 Å². The molecule has 1 saturated heterocycles. The Bertz CT molecular complexity index is 1890. The number of primary amides is 1. The minimum Gasteiger partial charge on any atom is -0.480 e. The lowest BCUT2D eigenvalue weighted by Crippen LogP contribution is -2.53. The van der Waals surface area contributed by atoms with Crippen LogP contribution >= 0.6 is 0 Å². The highest BCUT2D eigenvalue weighted by atomic mass is 16.7. The van der Waals surface area contributed by atoms with Crippen LogP contribution in [0.3, 0.4) is 0 Å². The molecule has 2 aliphatic rings. The molecule has 54 heavy (non-hydrogen) atoms. The summed E-state index contributed by atoms with van der Waals surface area (Å²) in [6.45, 7) is -0.663. The van der Waals surface area contributed by atoms with Gasteiger partial charge in [0.05, 0.1) is 0 Å². The number of carboxylic acids is 1. The molecule has 0 radical (unpaired) electrons. The van der Waals surface area contributed by atoms with E-state index in [1.54, 1.807) is 0 Å². The first kappa shape index (κ1) is 41.0. The Morgan fingerprint density at radius 2 is 1.74 bits per heavy atom. The van der Waals surface area contributed by atoms with Crippen molar-refractivity contribution in [3.63, 3.8) is 0 Å². The van der Waals surface area contributed by atoms with E-state index in [-0.39, 0.29) is 11.3 Å². The fourth-order valence-corrected chi connectivity index (χ4v) is 5.18. The maximum atomic E-state index is 13.1. The number of aliphatic hydroxyl groups excluding tert-OH is 5. The van der Waals surface area contributed by atoms with Crippen molar-refractivity contribution in [1.82, 2.24) is 20.2 Å². The zero-order chi connectivity index (χ0) is 39.9. The Morgan fingerprint density at radius 1 is 1.06 bits per heavy atom. The third kappa shape index (κ3) is 9.79. The summed E-state index contributed by atoms with van der Waals surface area (Å²) < 4.78 is 22.8. The second-order valence-electron chi connectivity index (χ2n) is 11.6. The second-order valence-corrected chi connectivity index (χ2v) is 11.6. The van der Waals surface area contributed by atoms with Crippen molar-refractivity contribution in [3.05, 3.63) is 87.0 Å². The van der Waals surface area contributed by atoms with E-state index in [0.717, 1.165) is 42.3 Å². The van der Waals surface area contributed by atoms with E-state index < -0.39 is 115 Å². The first-order valence-corrected chi connectivity index (χ1v) is 15.6. The number of aromatic nitrogens is 2. The summed E-state index contributed by atoms with van der Waals surface area (Å²) in [4.78, 5) is 85.7. The molecule has 0 bridgehead atoms. The van der Waals surface area contributed by atoms with Gasteiger partial charge in [-0.25, -0.2) is 4.79 Å². The highest BCUT2D eigenvalue weighted by Gasteiger charge is 2.52. The molecule has 0 spiro atoms. The van der Waals surface area contributed by atoms with E-state index in [1.165, 1.54) is 24.3 Å². The molecule has 2 aromatic rings.